The number of phenolic OH excluding ortho intramolecular Hbond substituents is 1. The van der Waals surface area contributed by atoms with E-state index in [0.29, 0.717) is 0 Å². The molecule has 0 heterocycles. The van der Waals surface area contributed by atoms with Crippen LogP contribution in [-0.4, -0.2) is 15.9 Å². The lowest BCUT2D eigenvalue weighted by Gasteiger charge is -2.08. The maximum atomic E-state index is 13.6. The Balaban J connectivity index is 2.31. The Morgan fingerprint density at radius 1 is 1.29 bits per heavy atom. The molecule has 0 aliphatic carbocycles. The van der Waals surface area contributed by atoms with Crippen LogP contribution in [0.1, 0.15) is 10.4 Å². The summed E-state index contributed by atoms with van der Waals surface area (Å²) in [5, 5.41) is 22.6. The summed E-state index contributed by atoms with van der Waals surface area (Å²) in [5.41, 5.74) is -0.812. The molecule has 2 aromatic carbocycles. The number of nitro groups is 1. The van der Waals surface area contributed by atoms with E-state index in [-0.39, 0.29) is 27.7 Å². The van der Waals surface area contributed by atoms with Crippen LogP contribution in [0.2, 0.25) is 5.02 Å². The van der Waals surface area contributed by atoms with Crippen molar-refractivity contribution in [1.82, 2.24) is 0 Å². The van der Waals surface area contributed by atoms with Crippen molar-refractivity contribution < 1.29 is 19.2 Å². The largest absolute Gasteiger partial charge is 0.506 e. The summed E-state index contributed by atoms with van der Waals surface area (Å²) in [6.45, 7) is 0. The second-order valence-corrected chi connectivity index (χ2v) is 4.47. The van der Waals surface area contributed by atoms with E-state index in [4.69, 9.17) is 11.6 Å². The number of carbonyl (C=O) groups is 1. The molecule has 0 spiro atoms. The Morgan fingerprint density at radius 2 is 2.00 bits per heavy atom. The van der Waals surface area contributed by atoms with E-state index in [0.717, 1.165) is 24.3 Å². The van der Waals surface area contributed by atoms with Gasteiger partial charge in [0.1, 0.15) is 11.6 Å². The zero-order valence-corrected chi connectivity index (χ0v) is 11.1. The van der Waals surface area contributed by atoms with Gasteiger partial charge < -0.3 is 10.4 Å². The molecule has 21 heavy (non-hydrogen) atoms. The average molecular weight is 311 g/mol. The van der Waals surface area contributed by atoms with Gasteiger partial charge in [0, 0.05) is 17.2 Å². The number of halogens is 2. The Labute approximate surface area is 122 Å². The lowest BCUT2D eigenvalue weighted by Crippen LogP contribution is -2.14. The number of nitrogens with zero attached hydrogens (tertiary/aromatic N) is 1. The minimum absolute atomic E-state index is 0.127. The van der Waals surface area contributed by atoms with Gasteiger partial charge in [-0.1, -0.05) is 11.6 Å². The van der Waals surface area contributed by atoms with Crippen LogP contribution in [0.25, 0.3) is 0 Å². The number of nitrogens with one attached hydrogen (secondary N) is 1. The lowest BCUT2D eigenvalue weighted by molar-refractivity contribution is -0.384. The standard InChI is InChI=1S/C13H8ClFN2O4/c14-7-1-3-9(10(15)5-7)13(19)16-11-6-8(17(20)21)2-4-12(11)18/h1-6,18H,(H,16,19). The number of aromatic hydroxyl groups is 1. The SMILES string of the molecule is O=C(Nc1cc([N+](=O)[O-])ccc1O)c1ccc(Cl)cc1F. The third-order valence-corrected chi connectivity index (χ3v) is 2.85. The van der Waals surface area contributed by atoms with Crippen LogP contribution in [0.15, 0.2) is 36.4 Å². The molecule has 0 fully saturated rings. The highest BCUT2D eigenvalue weighted by Crippen LogP contribution is 2.28. The molecule has 0 aliphatic rings. The van der Waals surface area contributed by atoms with E-state index in [1.807, 2.05) is 0 Å². The lowest BCUT2D eigenvalue weighted by atomic mass is 10.2. The fourth-order valence-corrected chi connectivity index (χ4v) is 1.76. The molecular formula is C13H8ClFN2O4. The highest BCUT2D eigenvalue weighted by atomic mass is 35.5. The van der Waals surface area contributed by atoms with Crippen molar-refractivity contribution in [2.45, 2.75) is 0 Å². The van der Waals surface area contributed by atoms with Gasteiger partial charge in [0.15, 0.2) is 0 Å². The van der Waals surface area contributed by atoms with Crippen molar-refractivity contribution in [2.75, 3.05) is 5.32 Å². The molecule has 0 unspecified atom stereocenters. The van der Waals surface area contributed by atoms with Crippen LogP contribution < -0.4 is 5.32 Å². The molecule has 0 saturated heterocycles. The second kappa shape index (κ2) is 5.76. The molecule has 6 nitrogen and oxygen atoms in total. The molecule has 0 saturated carbocycles. The van der Waals surface area contributed by atoms with Gasteiger partial charge in [-0.15, -0.1) is 0 Å². The molecule has 0 atom stereocenters. The Bertz CT molecular complexity index is 736. The predicted molar refractivity (Wildman–Crippen MR) is 74.1 cm³/mol. The molecule has 0 aromatic heterocycles. The average Bonchev–Trinajstić information content (AvgIpc) is 2.40. The van der Waals surface area contributed by atoms with Gasteiger partial charge in [-0.3, -0.25) is 14.9 Å². The van der Waals surface area contributed by atoms with E-state index < -0.39 is 16.6 Å². The minimum atomic E-state index is -0.861. The van der Waals surface area contributed by atoms with Crippen LogP contribution in [0.5, 0.6) is 5.75 Å². The van der Waals surface area contributed by atoms with Gasteiger partial charge >= 0.3 is 0 Å². The quantitative estimate of drug-likeness (QED) is 0.516. The van der Waals surface area contributed by atoms with Crippen molar-refractivity contribution in [2.24, 2.45) is 0 Å². The number of anilines is 1. The Hall–Kier alpha value is -2.67. The molecule has 2 N–H and O–H groups in total. The zero-order valence-electron chi connectivity index (χ0n) is 10.3. The second-order valence-electron chi connectivity index (χ2n) is 4.04. The maximum Gasteiger partial charge on any atom is 0.271 e. The van der Waals surface area contributed by atoms with Crippen LogP contribution in [0.4, 0.5) is 15.8 Å². The maximum absolute atomic E-state index is 13.6. The summed E-state index contributed by atoms with van der Waals surface area (Å²) in [4.78, 5) is 21.9. The minimum Gasteiger partial charge on any atom is -0.506 e. The van der Waals surface area contributed by atoms with Crippen molar-refractivity contribution in [1.29, 1.82) is 0 Å². The monoisotopic (exact) mass is 310 g/mol. The van der Waals surface area contributed by atoms with Gasteiger partial charge in [-0.05, 0) is 24.3 Å². The van der Waals surface area contributed by atoms with Crippen molar-refractivity contribution in [3.8, 4) is 5.75 Å². The predicted octanol–water partition coefficient (Wildman–Crippen LogP) is 3.35. The zero-order chi connectivity index (χ0) is 15.6. The van der Waals surface area contributed by atoms with Gasteiger partial charge in [0.2, 0.25) is 0 Å². The number of non-ortho nitro benzene ring substituents is 1. The molecule has 0 bridgehead atoms. The Kier molecular flexibility index (Phi) is 4.04. The topological polar surface area (TPSA) is 92.5 Å². The highest BCUT2D eigenvalue weighted by Gasteiger charge is 2.16. The highest BCUT2D eigenvalue weighted by molar-refractivity contribution is 6.30. The molecule has 8 heteroatoms. The van der Waals surface area contributed by atoms with Crippen molar-refractivity contribution >= 4 is 28.9 Å². The number of hydrogen-bond acceptors (Lipinski definition) is 4. The van der Waals surface area contributed by atoms with E-state index in [9.17, 15) is 24.4 Å². The molecule has 2 rings (SSSR count). The summed E-state index contributed by atoms with van der Waals surface area (Å²) in [5.74, 6) is -2.08. The summed E-state index contributed by atoms with van der Waals surface area (Å²) >= 11 is 5.58. The number of nitro benzene ring substituents is 1. The number of amides is 1. The van der Waals surface area contributed by atoms with E-state index >= 15 is 0 Å². The van der Waals surface area contributed by atoms with E-state index in [1.54, 1.807) is 0 Å². The summed E-state index contributed by atoms with van der Waals surface area (Å²) in [6, 6.07) is 6.57. The van der Waals surface area contributed by atoms with Gasteiger partial charge in [-0.25, -0.2) is 4.39 Å². The summed E-state index contributed by atoms with van der Waals surface area (Å²) in [7, 11) is 0. The Morgan fingerprint density at radius 3 is 2.62 bits per heavy atom. The number of rotatable bonds is 3. The van der Waals surface area contributed by atoms with Crippen LogP contribution in [-0.2, 0) is 0 Å². The van der Waals surface area contributed by atoms with Crippen molar-refractivity contribution in [3.05, 3.63) is 62.9 Å². The first kappa shape index (κ1) is 14.7. The smallest absolute Gasteiger partial charge is 0.271 e. The number of phenols is 1. The molecule has 0 aliphatic heterocycles. The fourth-order valence-electron chi connectivity index (χ4n) is 1.60. The van der Waals surface area contributed by atoms with Crippen LogP contribution >= 0.6 is 11.6 Å². The number of benzene rings is 2. The fraction of sp³-hybridized carbons (Fsp3) is 0. The molecule has 108 valence electrons. The first-order valence-corrected chi connectivity index (χ1v) is 6.00. The van der Waals surface area contributed by atoms with Gasteiger partial charge in [0.25, 0.3) is 11.6 Å². The molecule has 1 amide bonds. The van der Waals surface area contributed by atoms with Crippen molar-refractivity contribution in [3.63, 3.8) is 0 Å². The first-order chi connectivity index (χ1) is 9.88. The summed E-state index contributed by atoms with van der Waals surface area (Å²) in [6.07, 6.45) is 0. The summed E-state index contributed by atoms with van der Waals surface area (Å²) < 4.78 is 13.6. The van der Waals surface area contributed by atoms with Crippen LogP contribution in [0.3, 0.4) is 0 Å². The van der Waals surface area contributed by atoms with Gasteiger partial charge in [0.05, 0.1) is 16.2 Å². The van der Waals surface area contributed by atoms with Crippen LogP contribution in [0, 0.1) is 15.9 Å². The molecular weight excluding hydrogens is 303 g/mol. The van der Waals surface area contributed by atoms with E-state index in [2.05, 4.69) is 5.32 Å². The van der Waals surface area contributed by atoms with E-state index in [1.165, 1.54) is 12.1 Å². The normalized spacial score (nSPS) is 10.2. The van der Waals surface area contributed by atoms with Gasteiger partial charge in [-0.2, -0.15) is 0 Å². The number of carbonyl (C=O) groups excluding carboxylic acids is 1. The number of hydrogen-bond donors (Lipinski definition) is 2. The molecule has 0 radical (unpaired) electrons. The first-order valence-electron chi connectivity index (χ1n) is 5.62. The third-order valence-electron chi connectivity index (χ3n) is 2.61. The molecule has 2 aromatic rings. The third kappa shape index (κ3) is 3.26.